The molecule has 0 atom stereocenters. The number of rotatable bonds is 6. The first-order chi connectivity index (χ1) is 19.8. The van der Waals surface area contributed by atoms with Crippen molar-refractivity contribution in [2.75, 3.05) is 25.5 Å². The first-order valence-electron chi connectivity index (χ1n) is 14.2. The molecule has 214 valence electrons. The van der Waals surface area contributed by atoms with E-state index in [1.54, 1.807) is 24.1 Å². The summed E-state index contributed by atoms with van der Waals surface area (Å²) in [6, 6.07) is 7.02. The molecule has 41 heavy (non-hydrogen) atoms. The lowest BCUT2D eigenvalue weighted by Crippen LogP contribution is -2.40. The van der Waals surface area contributed by atoms with E-state index in [-0.39, 0.29) is 23.6 Å². The third-order valence-electron chi connectivity index (χ3n) is 8.26. The summed E-state index contributed by atoms with van der Waals surface area (Å²) in [5.74, 6) is 1.01. The zero-order chi connectivity index (χ0) is 28.7. The Morgan fingerprint density at radius 1 is 1.07 bits per heavy atom. The molecule has 0 bridgehead atoms. The molecule has 1 aliphatic heterocycles. The smallest absolute Gasteiger partial charge is 0.236 e. The number of carbonyl (C=O) groups excluding carboxylic acids is 1. The third-order valence-corrected chi connectivity index (χ3v) is 8.26. The van der Waals surface area contributed by atoms with Gasteiger partial charge in [0, 0.05) is 36.8 Å². The van der Waals surface area contributed by atoms with Crippen LogP contribution in [0.5, 0.6) is 0 Å². The number of amides is 1. The number of nitrogens with one attached hydrogen (secondary N) is 2. The second-order valence-corrected chi connectivity index (χ2v) is 11.2. The molecule has 3 aromatic heterocycles. The second kappa shape index (κ2) is 11.1. The number of aryl methyl sites for hydroxylation is 1. The molecule has 9 nitrogen and oxygen atoms in total. The zero-order valence-corrected chi connectivity index (χ0v) is 23.5. The van der Waals surface area contributed by atoms with Crippen molar-refractivity contribution in [1.29, 1.82) is 0 Å². The number of carbonyl (C=O) groups is 1. The number of hydrogen-bond donors (Lipinski definition) is 2. The van der Waals surface area contributed by atoms with E-state index < -0.39 is 11.6 Å². The number of anilines is 2. The third kappa shape index (κ3) is 5.38. The molecule has 2 N–H and O–H groups in total. The highest BCUT2D eigenvalue weighted by Crippen LogP contribution is 2.37. The molecule has 4 aromatic rings. The van der Waals surface area contributed by atoms with Gasteiger partial charge in [-0.25, -0.2) is 28.7 Å². The van der Waals surface area contributed by atoms with Gasteiger partial charge in [0.1, 0.15) is 22.9 Å². The van der Waals surface area contributed by atoms with Crippen molar-refractivity contribution in [2.45, 2.75) is 58.5 Å². The normalized spacial score (nSPS) is 18.9. The van der Waals surface area contributed by atoms with Crippen molar-refractivity contribution in [1.82, 2.24) is 34.7 Å². The molecule has 11 heteroatoms. The lowest BCUT2D eigenvalue weighted by Gasteiger charge is -2.28. The molecule has 4 heterocycles. The summed E-state index contributed by atoms with van der Waals surface area (Å²) in [6.07, 6.45) is 5.96. The number of benzene rings is 1. The Labute approximate surface area is 237 Å². The van der Waals surface area contributed by atoms with E-state index in [0.29, 0.717) is 54.4 Å². The molecular formula is C30H34F2N8O. The van der Waals surface area contributed by atoms with Crippen LogP contribution in [0.25, 0.3) is 22.3 Å². The van der Waals surface area contributed by atoms with Crippen LogP contribution in [-0.2, 0) is 17.8 Å². The largest absolute Gasteiger partial charge is 0.337 e. The maximum absolute atomic E-state index is 15.3. The maximum Gasteiger partial charge on any atom is 0.236 e. The van der Waals surface area contributed by atoms with E-state index in [1.807, 2.05) is 13.0 Å². The Morgan fingerprint density at radius 3 is 2.66 bits per heavy atom. The van der Waals surface area contributed by atoms with E-state index in [0.717, 1.165) is 49.0 Å². The van der Waals surface area contributed by atoms with Crippen LogP contribution >= 0.6 is 0 Å². The van der Waals surface area contributed by atoms with Gasteiger partial charge in [-0.3, -0.25) is 4.79 Å². The van der Waals surface area contributed by atoms with Crippen LogP contribution in [0, 0.1) is 24.5 Å². The van der Waals surface area contributed by atoms with Crippen molar-refractivity contribution in [2.24, 2.45) is 5.92 Å². The number of aromatic nitrogens is 5. The molecule has 6 rings (SSSR count). The molecule has 0 unspecified atom stereocenters. The highest BCUT2D eigenvalue weighted by molar-refractivity contribution is 5.83. The van der Waals surface area contributed by atoms with Crippen LogP contribution in [0.2, 0.25) is 0 Å². The number of likely N-dealkylation sites (N-methyl/N-ethyl adjacent to an activating group) is 1. The number of nitrogens with zero attached hydrogens (tertiary/aromatic N) is 6. The van der Waals surface area contributed by atoms with Crippen molar-refractivity contribution in [3.63, 3.8) is 0 Å². The molecule has 0 radical (unpaired) electrons. The van der Waals surface area contributed by atoms with Gasteiger partial charge in [-0.1, -0.05) is 13.0 Å². The summed E-state index contributed by atoms with van der Waals surface area (Å²) < 4.78 is 32.5. The Balaban J connectivity index is 1.28. The summed E-state index contributed by atoms with van der Waals surface area (Å²) in [5.41, 5.74) is 3.15. The number of fused-ring (bicyclic) bond motifs is 2. The van der Waals surface area contributed by atoms with Crippen molar-refractivity contribution >= 4 is 28.7 Å². The number of halogens is 2. The number of hydrogen-bond acceptors (Lipinski definition) is 7. The fourth-order valence-corrected chi connectivity index (χ4v) is 6.07. The second-order valence-electron chi connectivity index (χ2n) is 11.2. The minimum Gasteiger partial charge on any atom is -0.337 e. The quantitative estimate of drug-likeness (QED) is 0.339. The molecule has 1 aliphatic carbocycles. The molecular weight excluding hydrogens is 526 g/mol. The van der Waals surface area contributed by atoms with Crippen LogP contribution in [0.1, 0.15) is 55.7 Å². The highest BCUT2D eigenvalue weighted by Gasteiger charge is 2.25. The van der Waals surface area contributed by atoms with Crippen LogP contribution in [0.4, 0.5) is 20.5 Å². The molecule has 1 aromatic carbocycles. The predicted molar refractivity (Wildman–Crippen MR) is 153 cm³/mol. The fourth-order valence-electron chi connectivity index (χ4n) is 6.07. The van der Waals surface area contributed by atoms with Gasteiger partial charge in [0.15, 0.2) is 11.6 Å². The van der Waals surface area contributed by atoms with E-state index in [1.165, 1.54) is 6.07 Å². The van der Waals surface area contributed by atoms with Gasteiger partial charge in [0.25, 0.3) is 0 Å². The lowest BCUT2D eigenvalue weighted by atomic mass is 9.87. The molecule has 1 fully saturated rings. The molecule has 0 spiro atoms. The van der Waals surface area contributed by atoms with Crippen LogP contribution in [0.3, 0.4) is 0 Å². The van der Waals surface area contributed by atoms with Crippen LogP contribution < -0.4 is 10.6 Å². The zero-order valence-electron chi connectivity index (χ0n) is 23.5. The summed E-state index contributed by atoms with van der Waals surface area (Å²) >= 11 is 0. The van der Waals surface area contributed by atoms with Crippen molar-refractivity contribution in [3.8, 4) is 11.3 Å². The maximum atomic E-state index is 15.3. The standard InChI is InChI=1S/C30H34F2N8O/c1-17-4-7-21(8-5-17)40-18(2)35-29-22(31)12-20(13-25(29)40)28-23(32)14-34-30(38-28)37-26-9-6-19-16-39(27(41)15-33-3)11-10-24(19)36-26/h6,9,12-14,17,21,33H,4-5,7-8,10-11,15-16H2,1-3H3,(H,34,36,37,38). The summed E-state index contributed by atoms with van der Waals surface area (Å²) in [5, 5.41) is 5.96. The average molecular weight is 561 g/mol. The Bertz CT molecular complexity index is 1610. The van der Waals surface area contributed by atoms with E-state index in [2.05, 4.69) is 42.1 Å². The van der Waals surface area contributed by atoms with Gasteiger partial charge in [-0.2, -0.15) is 0 Å². The first kappa shape index (κ1) is 27.2. The minimum atomic E-state index is -0.645. The SMILES string of the molecule is CNCC(=O)N1CCc2nc(Nc3ncc(F)c(-c4cc(F)c5nc(C)n(C6CCC(C)CC6)c5c4)n3)ccc2C1. The van der Waals surface area contributed by atoms with Gasteiger partial charge in [0.2, 0.25) is 11.9 Å². The summed E-state index contributed by atoms with van der Waals surface area (Å²) in [7, 11) is 1.75. The first-order valence-corrected chi connectivity index (χ1v) is 14.2. The molecule has 1 amide bonds. The summed E-state index contributed by atoms with van der Waals surface area (Å²) in [4.78, 5) is 31.8. The molecule has 0 saturated heterocycles. The van der Waals surface area contributed by atoms with E-state index in [9.17, 15) is 4.79 Å². The van der Waals surface area contributed by atoms with Gasteiger partial charge in [-0.15, -0.1) is 0 Å². The highest BCUT2D eigenvalue weighted by atomic mass is 19.1. The van der Waals surface area contributed by atoms with E-state index in [4.69, 9.17) is 0 Å². The average Bonchev–Trinajstić information content (AvgIpc) is 3.30. The Morgan fingerprint density at radius 2 is 1.88 bits per heavy atom. The van der Waals surface area contributed by atoms with Crippen LogP contribution in [-0.4, -0.2) is 55.4 Å². The Hall–Kier alpha value is -3.99. The lowest BCUT2D eigenvalue weighted by molar-refractivity contribution is -0.131. The van der Waals surface area contributed by atoms with Gasteiger partial charge >= 0.3 is 0 Å². The minimum absolute atomic E-state index is 0.00242. The molecule has 1 saturated carbocycles. The van der Waals surface area contributed by atoms with Gasteiger partial charge < -0.3 is 20.1 Å². The predicted octanol–water partition coefficient (Wildman–Crippen LogP) is 5.07. The van der Waals surface area contributed by atoms with E-state index >= 15 is 8.78 Å². The summed E-state index contributed by atoms with van der Waals surface area (Å²) in [6.45, 7) is 5.55. The topological polar surface area (TPSA) is 101 Å². The van der Waals surface area contributed by atoms with Crippen molar-refractivity contribution < 1.29 is 13.6 Å². The van der Waals surface area contributed by atoms with Gasteiger partial charge in [0.05, 0.1) is 18.3 Å². The van der Waals surface area contributed by atoms with Gasteiger partial charge in [-0.05, 0) is 69.3 Å². The Kier molecular flexibility index (Phi) is 7.37. The van der Waals surface area contributed by atoms with Crippen molar-refractivity contribution in [3.05, 3.63) is 59.2 Å². The number of pyridine rings is 1. The monoisotopic (exact) mass is 560 g/mol. The molecule has 2 aliphatic rings. The fraction of sp³-hybridized carbons (Fsp3) is 0.433. The number of imidazole rings is 1. The van der Waals surface area contributed by atoms with Crippen LogP contribution in [0.15, 0.2) is 30.5 Å².